The van der Waals surface area contributed by atoms with E-state index < -0.39 is 0 Å². The maximum Gasteiger partial charge on any atom is 0.131 e. The van der Waals surface area contributed by atoms with Gasteiger partial charge < -0.3 is 11.1 Å². The van der Waals surface area contributed by atoms with E-state index in [2.05, 4.69) is 26.2 Å². The Kier molecular flexibility index (Phi) is 4.11. The molecule has 0 amide bonds. The van der Waals surface area contributed by atoms with Gasteiger partial charge in [-0.15, -0.1) is 0 Å². The van der Waals surface area contributed by atoms with Gasteiger partial charge in [0.1, 0.15) is 16.6 Å². The number of aryl methyl sites for hydroxylation is 1. The summed E-state index contributed by atoms with van der Waals surface area (Å²) < 4.78 is 14.0. The number of aromatic nitrogens is 1. The Hall–Kier alpha value is -1.53. The summed E-state index contributed by atoms with van der Waals surface area (Å²) in [6, 6.07) is 7.91. The molecule has 0 saturated carbocycles. The standard InChI is InChI=1S/C13H11BrFN3S/c1-7-4-8(13(16)19)5-12(17-7)18-11-6-9(15)2-3-10(11)14/h2-6H,1H3,(H2,16,19)(H,17,18). The topological polar surface area (TPSA) is 50.9 Å². The van der Waals surface area contributed by atoms with Gasteiger partial charge in [0.15, 0.2) is 0 Å². The zero-order valence-corrected chi connectivity index (χ0v) is 12.5. The van der Waals surface area contributed by atoms with E-state index in [-0.39, 0.29) is 5.82 Å². The summed E-state index contributed by atoms with van der Waals surface area (Å²) in [6.07, 6.45) is 0. The average molecular weight is 340 g/mol. The van der Waals surface area contributed by atoms with E-state index in [0.29, 0.717) is 16.5 Å². The summed E-state index contributed by atoms with van der Waals surface area (Å²) in [7, 11) is 0. The largest absolute Gasteiger partial charge is 0.389 e. The van der Waals surface area contributed by atoms with Gasteiger partial charge in [-0.05, 0) is 53.2 Å². The van der Waals surface area contributed by atoms with E-state index in [1.165, 1.54) is 12.1 Å². The lowest BCUT2D eigenvalue weighted by Gasteiger charge is -2.10. The van der Waals surface area contributed by atoms with Crippen LogP contribution in [0.1, 0.15) is 11.3 Å². The normalized spacial score (nSPS) is 10.3. The van der Waals surface area contributed by atoms with Crippen LogP contribution in [-0.4, -0.2) is 9.97 Å². The molecule has 1 aromatic carbocycles. The minimum Gasteiger partial charge on any atom is -0.389 e. The van der Waals surface area contributed by atoms with Crippen molar-refractivity contribution in [1.82, 2.24) is 4.98 Å². The van der Waals surface area contributed by atoms with Crippen molar-refractivity contribution >= 4 is 44.6 Å². The predicted octanol–water partition coefficient (Wildman–Crippen LogP) is 3.67. The molecule has 98 valence electrons. The first kappa shape index (κ1) is 13.9. The van der Waals surface area contributed by atoms with E-state index >= 15 is 0 Å². The van der Waals surface area contributed by atoms with Gasteiger partial charge in [0.05, 0.1) is 5.69 Å². The molecule has 3 nitrogen and oxygen atoms in total. The fourth-order valence-electron chi connectivity index (χ4n) is 1.61. The number of anilines is 2. The third-order valence-corrected chi connectivity index (χ3v) is 3.36. The molecule has 0 saturated heterocycles. The summed E-state index contributed by atoms with van der Waals surface area (Å²) in [4.78, 5) is 4.61. The third-order valence-electron chi connectivity index (χ3n) is 2.43. The number of hydrogen-bond acceptors (Lipinski definition) is 3. The van der Waals surface area contributed by atoms with Crippen LogP contribution in [0.2, 0.25) is 0 Å². The van der Waals surface area contributed by atoms with Crippen molar-refractivity contribution in [2.45, 2.75) is 6.92 Å². The van der Waals surface area contributed by atoms with Gasteiger partial charge in [0, 0.05) is 15.7 Å². The second-order valence-electron chi connectivity index (χ2n) is 4.00. The Labute approximate surface area is 124 Å². The Morgan fingerprint density at radius 3 is 2.79 bits per heavy atom. The van der Waals surface area contributed by atoms with Crippen LogP contribution in [0.15, 0.2) is 34.8 Å². The molecule has 0 radical (unpaired) electrons. The Morgan fingerprint density at radius 1 is 1.37 bits per heavy atom. The number of nitrogens with zero attached hydrogens (tertiary/aromatic N) is 1. The van der Waals surface area contributed by atoms with Crippen LogP contribution in [0.4, 0.5) is 15.9 Å². The lowest BCUT2D eigenvalue weighted by molar-refractivity contribution is 0.628. The molecule has 0 aliphatic heterocycles. The van der Waals surface area contributed by atoms with Crippen molar-refractivity contribution in [2.75, 3.05) is 5.32 Å². The number of rotatable bonds is 3. The van der Waals surface area contributed by atoms with Crippen molar-refractivity contribution < 1.29 is 4.39 Å². The molecule has 0 bridgehead atoms. The molecular weight excluding hydrogens is 329 g/mol. The monoisotopic (exact) mass is 339 g/mol. The van der Waals surface area contributed by atoms with Crippen LogP contribution in [0, 0.1) is 12.7 Å². The lowest BCUT2D eigenvalue weighted by atomic mass is 10.2. The van der Waals surface area contributed by atoms with E-state index in [9.17, 15) is 4.39 Å². The maximum atomic E-state index is 13.2. The van der Waals surface area contributed by atoms with E-state index in [0.717, 1.165) is 15.7 Å². The van der Waals surface area contributed by atoms with E-state index in [1.807, 2.05) is 6.92 Å². The molecule has 2 rings (SSSR count). The fraction of sp³-hybridized carbons (Fsp3) is 0.0769. The fourth-order valence-corrected chi connectivity index (χ4v) is 2.07. The number of halogens is 2. The van der Waals surface area contributed by atoms with Crippen molar-refractivity contribution in [2.24, 2.45) is 5.73 Å². The van der Waals surface area contributed by atoms with Crippen LogP contribution < -0.4 is 11.1 Å². The Morgan fingerprint density at radius 2 is 2.11 bits per heavy atom. The molecule has 0 fully saturated rings. The number of pyridine rings is 1. The third kappa shape index (κ3) is 3.48. The van der Waals surface area contributed by atoms with Gasteiger partial charge in [-0.3, -0.25) is 0 Å². The Bertz CT molecular complexity index is 646. The number of benzene rings is 1. The van der Waals surface area contributed by atoms with Crippen LogP contribution in [-0.2, 0) is 0 Å². The minimum absolute atomic E-state index is 0.298. The average Bonchev–Trinajstić information content (AvgIpc) is 2.33. The van der Waals surface area contributed by atoms with Gasteiger partial charge in [0.25, 0.3) is 0 Å². The van der Waals surface area contributed by atoms with Crippen LogP contribution in [0.5, 0.6) is 0 Å². The molecule has 0 aliphatic rings. The second kappa shape index (κ2) is 5.63. The molecular formula is C13H11BrFN3S. The molecule has 3 N–H and O–H groups in total. The quantitative estimate of drug-likeness (QED) is 0.837. The van der Waals surface area contributed by atoms with Crippen molar-refractivity contribution in [3.63, 3.8) is 0 Å². The van der Waals surface area contributed by atoms with Gasteiger partial charge in [0.2, 0.25) is 0 Å². The van der Waals surface area contributed by atoms with E-state index in [1.54, 1.807) is 18.2 Å². The molecule has 0 aliphatic carbocycles. The van der Waals surface area contributed by atoms with Crippen molar-refractivity contribution in [3.05, 3.63) is 51.9 Å². The van der Waals surface area contributed by atoms with Gasteiger partial charge >= 0.3 is 0 Å². The van der Waals surface area contributed by atoms with Gasteiger partial charge in [-0.25, -0.2) is 9.37 Å². The number of nitrogens with one attached hydrogen (secondary N) is 1. The zero-order valence-electron chi connectivity index (χ0n) is 10.1. The predicted molar refractivity (Wildman–Crippen MR) is 82.2 cm³/mol. The smallest absolute Gasteiger partial charge is 0.131 e. The molecule has 6 heteroatoms. The first-order valence-corrected chi connectivity index (χ1v) is 6.66. The molecule has 0 unspecified atom stereocenters. The molecule has 0 atom stereocenters. The maximum absolute atomic E-state index is 13.2. The highest BCUT2D eigenvalue weighted by Crippen LogP contribution is 2.26. The summed E-state index contributed by atoms with van der Waals surface area (Å²) in [6.45, 7) is 1.84. The highest BCUT2D eigenvalue weighted by Gasteiger charge is 2.06. The minimum atomic E-state index is -0.326. The SMILES string of the molecule is Cc1cc(C(N)=S)cc(Nc2cc(F)ccc2Br)n1. The Balaban J connectivity index is 2.38. The number of nitrogens with two attached hydrogens (primary N) is 1. The van der Waals surface area contributed by atoms with Crippen molar-refractivity contribution in [1.29, 1.82) is 0 Å². The first-order chi connectivity index (χ1) is 8.95. The van der Waals surface area contributed by atoms with Crippen LogP contribution >= 0.6 is 28.1 Å². The van der Waals surface area contributed by atoms with E-state index in [4.69, 9.17) is 18.0 Å². The summed E-state index contributed by atoms with van der Waals surface area (Å²) in [5, 5.41) is 3.04. The second-order valence-corrected chi connectivity index (χ2v) is 5.29. The molecule has 1 aromatic heterocycles. The number of thiocarbonyl (C=S) groups is 1. The number of hydrogen-bond donors (Lipinski definition) is 2. The molecule has 19 heavy (non-hydrogen) atoms. The molecule has 0 spiro atoms. The molecule has 2 aromatic rings. The summed E-state index contributed by atoms with van der Waals surface area (Å²) in [5.41, 5.74) is 7.69. The highest BCUT2D eigenvalue weighted by molar-refractivity contribution is 9.10. The lowest BCUT2D eigenvalue weighted by Crippen LogP contribution is -2.10. The molecule has 1 heterocycles. The van der Waals surface area contributed by atoms with Gasteiger partial charge in [-0.1, -0.05) is 12.2 Å². The van der Waals surface area contributed by atoms with Crippen LogP contribution in [0.25, 0.3) is 0 Å². The highest BCUT2D eigenvalue weighted by atomic mass is 79.9. The van der Waals surface area contributed by atoms with Gasteiger partial charge in [-0.2, -0.15) is 0 Å². The van der Waals surface area contributed by atoms with Crippen molar-refractivity contribution in [3.8, 4) is 0 Å². The summed E-state index contributed by atoms with van der Waals surface area (Å²) in [5.74, 6) is 0.238. The summed E-state index contributed by atoms with van der Waals surface area (Å²) >= 11 is 8.29. The zero-order chi connectivity index (χ0) is 14.0. The first-order valence-electron chi connectivity index (χ1n) is 5.46. The van der Waals surface area contributed by atoms with Crippen LogP contribution in [0.3, 0.4) is 0 Å².